The number of nitrogens with two attached hydrogens (primary N) is 1. The third kappa shape index (κ3) is 3.43. The van der Waals surface area contributed by atoms with Gasteiger partial charge in [0.15, 0.2) is 11.6 Å². The Hall–Kier alpha value is -4.54. The highest BCUT2D eigenvalue weighted by Gasteiger charge is 2.18. The average Bonchev–Trinajstić information content (AvgIpc) is 3.41. The number of halogens is 1. The molecular weight excluding hydrogens is 449 g/mol. The van der Waals surface area contributed by atoms with Gasteiger partial charge >= 0.3 is 5.69 Å². The molecule has 0 atom stereocenters. The molecule has 1 aliphatic rings. The van der Waals surface area contributed by atoms with Crippen molar-refractivity contribution < 1.29 is 4.39 Å². The number of anilines is 3. The van der Waals surface area contributed by atoms with E-state index < -0.39 is 11.5 Å². The number of aromatic nitrogens is 7. The zero-order valence-electron chi connectivity index (χ0n) is 19.2. The van der Waals surface area contributed by atoms with E-state index in [1.165, 1.54) is 10.8 Å². The monoisotopic (exact) mass is 471 g/mol. The standard InChI is InChI=1S/C24H22FN9O/c1-13-17(10-29-24(35)32(13)2)16-7-14-8-19(28-11-18(14)23(26)22(16)25)30-20-9-15-3-5-33-6-4-27-21(33)12-34(15)31-20/h4,6-11H,3,5,12,26H2,1-2H3,(H,28,30,31). The number of hydrogen-bond acceptors (Lipinski definition) is 7. The SMILES string of the molecule is Cc1c(-c2cc3cc(Nc4cc5n(n4)Cc4nccn4CC5)ncc3c(N)c2F)cnc(=O)n1C. The summed E-state index contributed by atoms with van der Waals surface area (Å²) in [6.45, 7) is 3.19. The second-order valence-corrected chi connectivity index (χ2v) is 8.63. The lowest BCUT2D eigenvalue weighted by atomic mass is 10.00. The molecule has 176 valence electrons. The number of pyridine rings is 1. The minimum Gasteiger partial charge on any atom is -0.396 e. The van der Waals surface area contributed by atoms with E-state index in [1.54, 1.807) is 38.5 Å². The van der Waals surface area contributed by atoms with Crippen molar-refractivity contribution in [1.29, 1.82) is 0 Å². The predicted octanol–water partition coefficient (Wildman–Crippen LogP) is 2.77. The van der Waals surface area contributed by atoms with Crippen molar-refractivity contribution in [3.05, 3.63) is 76.5 Å². The number of aryl methyl sites for hydroxylation is 2. The molecule has 0 radical (unpaired) electrons. The fourth-order valence-electron chi connectivity index (χ4n) is 4.50. The number of nitrogen functional groups attached to an aromatic ring is 1. The molecule has 3 N–H and O–H groups in total. The lowest BCUT2D eigenvalue weighted by Gasteiger charge is -2.14. The summed E-state index contributed by atoms with van der Waals surface area (Å²) in [4.78, 5) is 24.5. The third-order valence-electron chi connectivity index (χ3n) is 6.59. The van der Waals surface area contributed by atoms with E-state index in [0.717, 1.165) is 24.5 Å². The molecule has 5 heterocycles. The van der Waals surface area contributed by atoms with Crippen LogP contribution in [0.15, 0.2) is 47.8 Å². The van der Waals surface area contributed by atoms with Crippen LogP contribution in [0.3, 0.4) is 0 Å². The van der Waals surface area contributed by atoms with Gasteiger partial charge in [-0.2, -0.15) is 5.10 Å². The van der Waals surface area contributed by atoms with Gasteiger partial charge in [0.2, 0.25) is 0 Å². The van der Waals surface area contributed by atoms with E-state index in [-0.39, 0.29) is 11.3 Å². The quantitative estimate of drug-likeness (QED) is 0.388. The van der Waals surface area contributed by atoms with Crippen LogP contribution in [0.5, 0.6) is 0 Å². The highest BCUT2D eigenvalue weighted by Crippen LogP contribution is 2.35. The van der Waals surface area contributed by atoms with Crippen LogP contribution in [0.1, 0.15) is 17.2 Å². The van der Waals surface area contributed by atoms with Gasteiger partial charge in [0.1, 0.15) is 11.6 Å². The Labute approximate surface area is 198 Å². The van der Waals surface area contributed by atoms with Gasteiger partial charge in [-0.25, -0.2) is 24.1 Å². The molecule has 35 heavy (non-hydrogen) atoms. The van der Waals surface area contributed by atoms with Crippen LogP contribution in [0, 0.1) is 12.7 Å². The van der Waals surface area contributed by atoms with Crippen LogP contribution in [0.25, 0.3) is 21.9 Å². The summed E-state index contributed by atoms with van der Waals surface area (Å²) in [6, 6.07) is 5.50. The molecule has 5 aromatic rings. The highest BCUT2D eigenvalue weighted by molar-refractivity contribution is 5.98. The second-order valence-electron chi connectivity index (χ2n) is 8.63. The maximum atomic E-state index is 15.2. The third-order valence-corrected chi connectivity index (χ3v) is 6.59. The molecule has 6 rings (SSSR count). The predicted molar refractivity (Wildman–Crippen MR) is 130 cm³/mol. The van der Waals surface area contributed by atoms with Crippen molar-refractivity contribution in [2.75, 3.05) is 11.1 Å². The van der Waals surface area contributed by atoms with E-state index >= 15 is 4.39 Å². The molecule has 0 spiro atoms. The number of imidazole rings is 1. The van der Waals surface area contributed by atoms with E-state index in [2.05, 4.69) is 29.9 Å². The number of hydrogen-bond donors (Lipinski definition) is 2. The normalized spacial score (nSPS) is 12.9. The van der Waals surface area contributed by atoms with E-state index in [1.807, 2.05) is 16.9 Å². The Bertz CT molecular complexity index is 1680. The number of fused-ring (bicyclic) bond motifs is 3. The maximum Gasteiger partial charge on any atom is 0.347 e. The Morgan fingerprint density at radius 2 is 1.94 bits per heavy atom. The van der Waals surface area contributed by atoms with Gasteiger partial charge < -0.3 is 15.6 Å². The Kier molecular flexibility index (Phi) is 4.66. The topological polar surface area (TPSA) is 121 Å². The first-order chi connectivity index (χ1) is 16.9. The summed E-state index contributed by atoms with van der Waals surface area (Å²) in [5, 5.41) is 9.13. The summed E-state index contributed by atoms with van der Waals surface area (Å²) in [5.74, 6) is 1.62. The minimum atomic E-state index is -0.570. The summed E-state index contributed by atoms with van der Waals surface area (Å²) < 4.78 is 20.7. The molecule has 0 amide bonds. The van der Waals surface area contributed by atoms with Crippen LogP contribution in [-0.2, 0) is 26.6 Å². The first-order valence-electron chi connectivity index (χ1n) is 11.1. The Balaban J connectivity index is 1.37. The first kappa shape index (κ1) is 21.0. The first-order valence-corrected chi connectivity index (χ1v) is 11.1. The van der Waals surface area contributed by atoms with Crippen molar-refractivity contribution in [3.8, 4) is 11.1 Å². The minimum absolute atomic E-state index is 0.00555. The largest absolute Gasteiger partial charge is 0.396 e. The van der Waals surface area contributed by atoms with Crippen LogP contribution >= 0.6 is 0 Å². The van der Waals surface area contributed by atoms with Crippen molar-refractivity contribution in [3.63, 3.8) is 0 Å². The van der Waals surface area contributed by atoms with Gasteiger partial charge in [-0.05, 0) is 24.4 Å². The highest BCUT2D eigenvalue weighted by atomic mass is 19.1. The molecule has 11 heteroatoms. The number of benzene rings is 1. The fourth-order valence-corrected chi connectivity index (χ4v) is 4.50. The molecule has 0 saturated carbocycles. The molecule has 1 aromatic carbocycles. The van der Waals surface area contributed by atoms with Gasteiger partial charge in [-0.1, -0.05) is 0 Å². The molecule has 0 aliphatic carbocycles. The number of nitrogens with zero attached hydrogens (tertiary/aromatic N) is 7. The summed E-state index contributed by atoms with van der Waals surface area (Å²) in [7, 11) is 1.60. The fraction of sp³-hybridized carbons (Fsp3) is 0.208. The Morgan fingerprint density at radius 1 is 1.09 bits per heavy atom. The average molecular weight is 472 g/mol. The molecule has 1 aliphatic heterocycles. The molecule has 4 aromatic heterocycles. The molecule has 0 bridgehead atoms. The van der Waals surface area contributed by atoms with Crippen LogP contribution < -0.4 is 16.7 Å². The Morgan fingerprint density at radius 3 is 2.80 bits per heavy atom. The van der Waals surface area contributed by atoms with Gasteiger partial charge in [0.05, 0.1) is 12.2 Å². The second kappa shape index (κ2) is 7.76. The molecule has 0 fully saturated rings. The molecule has 0 saturated heterocycles. The van der Waals surface area contributed by atoms with Gasteiger partial charge in [0.25, 0.3) is 0 Å². The number of nitrogens with one attached hydrogen (secondary N) is 1. The smallest absolute Gasteiger partial charge is 0.347 e. The van der Waals surface area contributed by atoms with Gasteiger partial charge in [-0.3, -0.25) is 9.25 Å². The van der Waals surface area contributed by atoms with E-state index in [9.17, 15) is 4.79 Å². The number of rotatable bonds is 3. The van der Waals surface area contributed by atoms with E-state index in [4.69, 9.17) is 5.73 Å². The van der Waals surface area contributed by atoms with E-state index in [0.29, 0.717) is 40.2 Å². The lowest BCUT2D eigenvalue weighted by molar-refractivity contribution is 0.636. The van der Waals surface area contributed by atoms with Crippen molar-refractivity contribution in [2.45, 2.75) is 26.4 Å². The lowest BCUT2D eigenvalue weighted by Crippen LogP contribution is -2.22. The van der Waals surface area contributed by atoms with Crippen molar-refractivity contribution in [1.82, 2.24) is 33.9 Å². The van der Waals surface area contributed by atoms with Gasteiger partial charge in [-0.15, -0.1) is 0 Å². The molecular formula is C24H22FN9O. The van der Waals surface area contributed by atoms with Crippen molar-refractivity contribution >= 4 is 28.1 Å². The van der Waals surface area contributed by atoms with Crippen LogP contribution in [-0.4, -0.2) is 33.9 Å². The molecule has 10 nitrogen and oxygen atoms in total. The zero-order valence-corrected chi connectivity index (χ0v) is 19.2. The van der Waals surface area contributed by atoms with Crippen LogP contribution in [0.4, 0.5) is 21.7 Å². The maximum absolute atomic E-state index is 15.2. The van der Waals surface area contributed by atoms with Crippen LogP contribution in [0.2, 0.25) is 0 Å². The zero-order chi connectivity index (χ0) is 24.3. The summed E-state index contributed by atoms with van der Waals surface area (Å²) in [5.41, 5.74) is 8.20. The van der Waals surface area contributed by atoms with Crippen molar-refractivity contribution in [2.24, 2.45) is 7.05 Å². The van der Waals surface area contributed by atoms with Gasteiger partial charge in [0, 0.05) is 78.8 Å². The summed E-state index contributed by atoms with van der Waals surface area (Å²) >= 11 is 0. The summed E-state index contributed by atoms with van der Waals surface area (Å²) in [6.07, 6.45) is 7.55. The molecule has 0 unspecified atom stereocenters.